The summed E-state index contributed by atoms with van der Waals surface area (Å²) in [4.78, 5) is 20.8. The van der Waals surface area contributed by atoms with E-state index < -0.39 is 17.2 Å². The maximum Gasteiger partial charge on any atom is 0.408 e. The van der Waals surface area contributed by atoms with Gasteiger partial charge in [0.05, 0.1) is 5.54 Å². The lowest BCUT2D eigenvalue weighted by Crippen LogP contribution is -2.57. The van der Waals surface area contributed by atoms with E-state index in [4.69, 9.17) is 4.74 Å². The molecule has 0 atom stereocenters. The lowest BCUT2D eigenvalue weighted by atomic mass is 9.93. The second-order valence-corrected chi connectivity index (χ2v) is 8.02. The van der Waals surface area contributed by atoms with E-state index in [0.717, 1.165) is 31.5 Å². The van der Waals surface area contributed by atoms with E-state index in [9.17, 15) is 4.79 Å². The standard InChI is InChI=1S/C21H37N5O2/c1-8-21(9-2,26-19(27)28-20(4,5)6)15-25-18(22-7)23-13-12-17-11-10-16(3)24-14-17/h10-11,14H,8-9,12-13,15H2,1-7H3,(H,26,27)(H2,22,23,25). The van der Waals surface area contributed by atoms with Crippen LogP contribution in [0.5, 0.6) is 0 Å². The zero-order chi connectivity index (χ0) is 21.2. The van der Waals surface area contributed by atoms with E-state index in [1.807, 2.05) is 40.0 Å². The smallest absolute Gasteiger partial charge is 0.408 e. The quantitative estimate of drug-likeness (QED) is 0.468. The minimum absolute atomic E-state index is 0.396. The number of nitrogens with one attached hydrogen (secondary N) is 3. The number of ether oxygens (including phenoxy) is 1. The first-order valence-electron chi connectivity index (χ1n) is 10.00. The van der Waals surface area contributed by atoms with Gasteiger partial charge in [-0.1, -0.05) is 19.9 Å². The molecule has 158 valence electrons. The third kappa shape index (κ3) is 8.59. The Morgan fingerprint density at radius 3 is 2.36 bits per heavy atom. The average molecular weight is 392 g/mol. The number of rotatable bonds is 8. The van der Waals surface area contributed by atoms with Gasteiger partial charge in [-0.15, -0.1) is 0 Å². The summed E-state index contributed by atoms with van der Waals surface area (Å²) in [7, 11) is 1.74. The molecular formula is C21H37N5O2. The Morgan fingerprint density at radius 1 is 1.18 bits per heavy atom. The lowest BCUT2D eigenvalue weighted by Gasteiger charge is -2.34. The van der Waals surface area contributed by atoms with Crippen molar-refractivity contribution in [3.63, 3.8) is 0 Å². The number of amides is 1. The minimum atomic E-state index is -0.521. The molecule has 0 bridgehead atoms. The van der Waals surface area contributed by atoms with Crippen molar-refractivity contribution >= 4 is 12.1 Å². The molecule has 0 saturated heterocycles. The van der Waals surface area contributed by atoms with E-state index in [0.29, 0.717) is 12.5 Å². The molecule has 0 radical (unpaired) electrons. The van der Waals surface area contributed by atoms with E-state index in [1.54, 1.807) is 7.05 Å². The van der Waals surface area contributed by atoms with Gasteiger partial charge in [0, 0.05) is 32.0 Å². The Morgan fingerprint density at radius 2 is 1.86 bits per heavy atom. The fourth-order valence-electron chi connectivity index (χ4n) is 2.69. The van der Waals surface area contributed by atoms with Crippen LogP contribution in [0.4, 0.5) is 4.79 Å². The van der Waals surface area contributed by atoms with Crippen LogP contribution in [0.3, 0.4) is 0 Å². The predicted octanol–water partition coefficient (Wildman–Crippen LogP) is 3.18. The third-order valence-electron chi connectivity index (χ3n) is 4.62. The number of aryl methyl sites for hydroxylation is 1. The zero-order valence-electron chi connectivity index (χ0n) is 18.5. The van der Waals surface area contributed by atoms with Crippen LogP contribution in [-0.2, 0) is 11.2 Å². The van der Waals surface area contributed by atoms with Crippen molar-refractivity contribution in [2.24, 2.45) is 4.99 Å². The first kappa shape index (κ1) is 23.7. The van der Waals surface area contributed by atoms with Crippen LogP contribution in [0.15, 0.2) is 23.3 Å². The Balaban J connectivity index is 2.56. The number of alkyl carbamates (subject to hydrolysis) is 1. The number of hydrogen-bond donors (Lipinski definition) is 3. The second kappa shape index (κ2) is 10.9. The van der Waals surface area contributed by atoms with Gasteiger partial charge in [0.2, 0.25) is 0 Å². The predicted molar refractivity (Wildman–Crippen MR) is 115 cm³/mol. The molecule has 28 heavy (non-hydrogen) atoms. The van der Waals surface area contributed by atoms with E-state index in [2.05, 4.69) is 45.8 Å². The van der Waals surface area contributed by atoms with Gasteiger partial charge < -0.3 is 20.7 Å². The average Bonchev–Trinajstić information content (AvgIpc) is 2.63. The number of nitrogens with zero attached hydrogens (tertiary/aromatic N) is 2. The topological polar surface area (TPSA) is 87.6 Å². The van der Waals surface area contributed by atoms with Crippen LogP contribution in [0.2, 0.25) is 0 Å². The summed E-state index contributed by atoms with van der Waals surface area (Å²) < 4.78 is 5.42. The zero-order valence-corrected chi connectivity index (χ0v) is 18.5. The van der Waals surface area contributed by atoms with Gasteiger partial charge in [0.1, 0.15) is 5.60 Å². The Bertz CT molecular complexity index is 631. The molecule has 0 aliphatic carbocycles. The molecule has 0 fully saturated rings. The molecule has 7 nitrogen and oxygen atoms in total. The Kier molecular flexibility index (Phi) is 9.22. The summed E-state index contributed by atoms with van der Waals surface area (Å²) in [6.07, 6.45) is 3.92. The highest BCUT2D eigenvalue weighted by Gasteiger charge is 2.30. The molecule has 0 aliphatic heterocycles. The molecule has 0 aromatic carbocycles. The van der Waals surface area contributed by atoms with Crippen LogP contribution in [0.1, 0.15) is 58.7 Å². The first-order valence-corrected chi connectivity index (χ1v) is 10.00. The highest BCUT2D eigenvalue weighted by molar-refractivity contribution is 5.79. The van der Waals surface area contributed by atoms with Gasteiger partial charge in [-0.3, -0.25) is 9.98 Å². The highest BCUT2D eigenvalue weighted by atomic mass is 16.6. The summed E-state index contributed by atoms with van der Waals surface area (Å²) in [6, 6.07) is 4.10. The molecule has 1 aromatic rings. The fourth-order valence-corrected chi connectivity index (χ4v) is 2.69. The third-order valence-corrected chi connectivity index (χ3v) is 4.62. The monoisotopic (exact) mass is 391 g/mol. The molecule has 0 unspecified atom stereocenters. The molecule has 0 aliphatic rings. The molecule has 0 saturated carbocycles. The van der Waals surface area contributed by atoms with Gasteiger partial charge in [0.25, 0.3) is 0 Å². The lowest BCUT2D eigenvalue weighted by molar-refractivity contribution is 0.0448. The number of pyridine rings is 1. The van der Waals surface area contributed by atoms with E-state index in [1.165, 1.54) is 5.56 Å². The van der Waals surface area contributed by atoms with Crippen molar-refractivity contribution in [3.8, 4) is 0 Å². The maximum absolute atomic E-state index is 12.2. The van der Waals surface area contributed by atoms with Gasteiger partial charge in [0.15, 0.2) is 5.96 Å². The minimum Gasteiger partial charge on any atom is -0.444 e. The normalized spacial score (nSPS) is 12.5. The number of aromatic nitrogens is 1. The van der Waals surface area contributed by atoms with E-state index in [-0.39, 0.29) is 0 Å². The van der Waals surface area contributed by atoms with Crippen molar-refractivity contribution in [1.29, 1.82) is 0 Å². The number of carbonyl (C=O) groups is 1. The largest absolute Gasteiger partial charge is 0.444 e. The molecule has 1 heterocycles. The molecule has 3 N–H and O–H groups in total. The Hall–Kier alpha value is -2.31. The second-order valence-electron chi connectivity index (χ2n) is 8.02. The van der Waals surface area contributed by atoms with Crippen LogP contribution in [0.25, 0.3) is 0 Å². The SMILES string of the molecule is CCC(CC)(CNC(=NC)NCCc1ccc(C)nc1)NC(=O)OC(C)(C)C. The van der Waals surface area contributed by atoms with Gasteiger partial charge in [-0.05, 0) is 58.6 Å². The maximum atomic E-state index is 12.2. The van der Waals surface area contributed by atoms with Gasteiger partial charge >= 0.3 is 6.09 Å². The number of hydrogen-bond acceptors (Lipinski definition) is 4. The summed E-state index contributed by atoms with van der Waals surface area (Å²) >= 11 is 0. The highest BCUT2D eigenvalue weighted by Crippen LogP contribution is 2.16. The summed E-state index contributed by atoms with van der Waals surface area (Å²) in [6.45, 7) is 13.0. The number of aliphatic imine (C=N–C) groups is 1. The number of guanidine groups is 1. The van der Waals surface area contributed by atoms with Crippen molar-refractivity contribution in [3.05, 3.63) is 29.6 Å². The van der Waals surface area contributed by atoms with Crippen LogP contribution in [-0.4, -0.2) is 48.3 Å². The molecule has 1 aromatic heterocycles. The van der Waals surface area contributed by atoms with Crippen molar-refractivity contribution in [2.75, 3.05) is 20.1 Å². The Labute approximate surface area is 169 Å². The van der Waals surface area contributed by atoms with Gasteiger partial charge in [-0.2, -0.15) is 0 Å². The van der Waals surface area contributed by atoms with Crippen LogP contribution < -0.4 is 16.0 Å². The molecule has 1 rings (SSSR count). The van der Waals surface area contributed by atoms with Crippen LogP contribution in [0, 0.1) is 6.92 Å². The summed E-state index contributed by atoms with van der Waals surface area (Å²) in [5, 5.41) is 9.68. The number of carbonyl (C=O) groups excluding carboxylic acids is 1. The summed E-state index contributed by atoms with van der Waals surface area (Å²) in [5.74, 6) is 0.706. The summed E-state index contributed by atoms with van der Waals surface area (Å²) in [5.41, 5.74) is 1.27. The van der Waals surface area contributed by atoms with E-state index >= 15 is 0 Å². The van der Waals surface area contributed by atoms with Crippen molar-refractivity contribution in [2.45, 2.75) is 71.9 Å². The van der Waals surface area contributed by atoms with Crippen molar-refractivity contribution in [1.82, 2.24) is 20.9 Å². The molecular weight excluding hydrogens is 354 g/mol. The fraction of sp³-hybridized carbons (Fsp3) is 0.667. The van der Waals surface area contributed by atoms with Crippen molar-refractivity contribution < 1.29 is 9.53 Å². The molecule has 7 heteroatoms. The van der Waals surface area contributed by atoms with Gasteiger partial charge in [-0.25, -0.2) is 4.79 Å². The first-order chi connectivity index (χ1) is 13.1. The van der Waals surface area contributed by atoms with Crippen LogP contribution >= 0.6 is 0 Å². The molecule has 1 amide bonds. The molecule has 0 spiro atoms.